The van der Waals surface area contributed by atoms with Gasteiger partial charge in [-0.05, 0) is 19.8 Å². The van der Waals surface area contributed by atoms with E-state index in [0.717, 1.165) is 13.1 Å². The summed E-state index contributed by atoms with van der Waals surface area (Å²) in [4.78, 5) is 2.28. The predicted molar refractivity (Wildman–Crippen MR) is 58.3 cm³/mol. The summed E-state index contributed by atoms with van der Waals surface area (Å²) in [5.41, 5.74) is 0.126. The lowest BCUT2D eigenvalue weighted by molar-refractivity contribution is 0.0641. The molecule has 1 fully saturated rings. The molecule has 1 atom stereocenters. The zero-order chi connectivity index (χ0) is 10.8. The molecule has 3 heteroatoms. The molecule has 1 saturated heterocycles. The lowest BCUT2D eigenvalue weighted by Crippen LogP contribution is -2.63. The Bertz CT molecular complexity index is 180. The second-order valence-electron chi connectivity index (χ2n) is 5.24. The first-order valence-electron chi connectivity index (χ1n) is 5.51. The van der Waals surface area contributed by atoms with Crippen LogP contribution in [0.2, 0.25) is 0 Å². The van der Waals surface area contributed by atoms with E-state index >= 15 is 0 Å². The summed E-state index contributed by atoms with van der Waals surface area (Å²) in [6, 6.07) is 0.485. The van der Waals surface area contributed by atoms with Crippen LogP contribution in [0.25, 0.3) is 0 Å². The van der Waals surface area contributed by atoms with E-state index in [9.17, 15) is 4.39 Å². The molecule has 0 radical (unpaired) electrons. The average molecular weight is 202 g/mol. The van der Waals surface area contributed by atoms with Crippen LogP contribution in [0.15, 0.2) is 0 Å². The third kappa shape index (κ3) is 2.92. The van der Waals surface area contributed by atoms with Gasteiger partial charge in [-0.3, -0.25) is 4.90 Å². The van der Waals surface area contributed by atoms with Crippen molar-refractivity contribution >= 4 is 0 Å². The summed E-state index contributed by atoms with van der Waals surface area (Å²) in [6.45, 7) is 11.0. The second kappa shape index (κ2) is 4.58. The molecule has 14 heavy (non-hydrogen) atoms. The van der Waals surface area contributed by atoms with Gasteiger partial charge in [0.05, 0.1) is 0 Å². The van der Waals surface area contributed by atoms with Crippen LogP contribution in [0.5, 0.6) is 0 Å². The quantitative estimate of drug-likeness (QED) is 0.749. The summed E-state index contributed by atoms with van der Waals surface area (Å²) in [6.07, 6.45) is 0. The van der Waals surface area contributed by atoms with Gasteiger partial charge in [0, 0.05) is 31.2 Å². The van der Waals surface area contributed by atoms with Crippen molar-refractivity contribution < 1.29 is 4.39 Å². The maximum Gasteiger partial charge on any atom is 0.102 e. The Balaban J connectivity index is 2.60. The van der Waals surface area contributed by atoms with Crippen molar-refractivity contribution in [3.8, 4) is 0 Å². The number of nitrogens with zero attached hydrogens (tertiary/aromatic N) is 1. The van der Waals surface area contributed by atoms with Gasteiger partial charge in [0.25, 0.3) is 0 Å². The van der Waals surface area contributed by atoms with Gasteiger partial charge in [-0.15, -0.1) is 0 Å². The van der Waals surface area contributed by atoms with Gasteiger partial charge < -0.3 is 5.32 Å². The number of nitrogens with one attached hydrogen (secondary N) is 1. The Morgan fingerprint density at radius 3 is 2.64 bits per heavy atom. The van der Waals surface area contributed by atoms with Crippen molar-refractivity contribution in [1.82, 2.24) is 10.2 Å². The van der Waals surface area contributed by atoms with Gasteiger partial charge in [-0.1, -0.05) is 13.8 Å². The van der Waals surface area contributed by atoms with Gasteiger partial charge in [-0.2, -0.15) is 0 Å². The van der Waals surface area contributed by atoms with Crippen LogP contribution in [0.3, 0.4) is 0 Å². The monoisotopic (exact) mass is 202 g/mol. The topological polar surface area (TPSA) is 15.3 Å². The van der Waals surface area contributed by atoms with Crippen LogP contribution in [-0.2, 0) is 0 Å². The van der Waals surface area contributed by atoms with Crippen LogP contribution in [0, 0.1) is 5.92 Å². The first-order valence-corrected chi connectivity index (χ1v) is 5.51. The molecular formula is C11H23FN2. The number of piperazine rings is 1. The van der Waals surface area contributed by atoms with E-state index in [2.05, 4.69) is 37.9 Å². The molecule has 0 amide bonds. The molecule has 1 unspecified atom stereocenters. The van der Waals surface area contributed by atoms with E-state index < -0.39 is 0 Å². The van der Waals surface area contributed by atoms with Crippen LogP contribution in [0.4, 0.5) is 4.39 Å². The minimum absolute atomic E-state index is 0.126. The van der Waals surface area contributed by atoms with Crippen LogP contribution < -0.4 is 5.32 Å². The van der Waals surface area contributed by atoms with Crippen molar-refractivity contribution in [3.63, 3.8) is 0 Å². The molecule has 0 aromatic carbocycles. The first-order chi connectivity index (χ1) is 6.46. The fourth-order valence-electron chi connectivity index (χ4n) is 2.20. The largest absolute Gasteiger partial charge is 0.309 e. The zero-order valence-electron chi connectivity index (χ0n) is 9.81. The molecule has 0 bridgehead atoms. The smallest absolute Gasteiger partial charge is 0.102 e. The molecule has 2 nitrogen and oxygen atoms in total. The van der Waals surface area contributed by atoms with E-state index in [4.69, 9.17) is 0 Å². The Morgan fingerprint density at radius 2 is 2.14 bits per heavy atom. The van der Waals surface area contributed by atoms with E-state index in [1.165, 1.54) is 0 Å². The van der Waals surface area contributed by atoms with E-state index in [1.807, 2.05) is 0 Å². The fraction of sp³-hybridized carbons (Fsp3) is 1.00. The maximum absolute atomic E-state index is 12.4. The third-order valence-electron chi connectivity index (χ3n) is 3.00. The van der Waals surface area contributed by atoms with Crippen molar-refractivity contribution in [1.29, 1.82) is 0 Å². The van der Waals surface area contributed by atoms with Gasteiger partial charge in [0.15, 0.2) is 0 Å². The Labute approximate surface area is 86.9 Å². The molecule has 0 spiro atoms. The van der Waals surface area contributed by atoms with E-state index in [-0.39, 0.29) is 12.2 Å². The number of halogens is 1. The molecule has 0 saturated carbocycles. The Kier molecular flexibility index (Phi) is 3.90. The number of rotatable bonds is 3. The van der Waals surface area contributed by atoms with E-state index in [0.29, 0.717) is 18.5 Å². The molecule has 1 N–H and O–H groups in total. The van der Waals surface area contributed by atoms with Crippen molar-refractivity contribution in [2.75, 3.05) is 26.3 Å². The summed E-state index contributed by atoms with van der Waals surface area (Å²) < 4.78 is 12.4. The summed E-state index contributed by atoms with van der Waals surface area (Å²) in [7, 11) is 0. The average Bonchev–Trinajstić information content (AvgIpc) is 2.02. The molecule has 0 aliphatic carbocycles. The SMILES string of the molecule is CC(C)C1CNC(C)(C)CN1CCF. The minimum atomic E-state index is -0.237. The molecule has 1 rings (SSSR count). The van der Waals surface area contributed by atoms with Crippen LogP contribution >= 0.6 is 0 Å². The van der Waals surface area contributed by atoms with Crippen molar-refractivity contribution in [2.45, 2.75) is 39.3 Å². The Morgan fingerprint density at radius 1 is 1.50 bits per heavy atom. The van der Waals surface area contributed by atoms with Gasteiger partial charge in [-0.25, -0.2) is 4.39 Å². The summed E-state index contributed by atoms with van der Waals surface area (Å²) in [5, 5.41) is 3.51. The highest BCUT2D eigenvalue weighted by atomic mass is 19.1. The lowest BCUT2D eigenvalue weighted by Gasteiger charge is -2.46. The van der Waals surface area contributed by atoms with Crippen LogP contribution in [0.1, 0.15) is 27.7 Å². The number of hydrogen-bond donors (Lipinski definition) is 1. The molecular weight excluding hydrogens is 179 g/mol. The predicted octanol–water partition coefficient (Wildman–Crippen LogP) is 1.66. The highest BCUT2D eigenvalue weighted by molar-refractivity contribution is 4.93. The minimum Gasteiger partial charge on any atom is -0.309 e. The summed E-state index contributed by atoms with van der Waals surface area (Å²) in [5.74, 6) is 0.588. The van der Waals surface area contributed by atoms with Gasteiger partial charge in [0.1, 0.15) is 6.67 Å². The maximum atomic E-state index is 12.4. The highest BCUT2D eigenvalue weighted by Crippen LogP contribution is 2.19. The number of alkyl halides is 1. The summed E-state index contributed by atoms with van der Waals surface area (Å²) >= 11 is 0. The van der Waals surface area contributed by atoms with E-state index in [1.54, 1.807) is 0 Å². The zero-order valence-corrected chi connectivity index (χ0v) is 9.81. The van der Waals surface area contributed by atoms with Crippen molar-refractivity contribution in [2.24, 2.45) is 5.92 Å². The fourth-order valence-corrected chi connectivity index (χ4v) is 2.20. The molecule has 1 heterocycles. The lowest BCUT2D eigenvalue weighted by atomic mass is 9.93. The molecule has 1 aliphatic rings. The third-order valence-corrected chi connectivity index (χ3v) is 3.00. The standard InChI is InChI=1S/C11H23FN2/c1-9(2)10-7-13-11(3,4)8-14(10)6-5-12/h9-10,13H,5-8H2,1-4H3. The van der Waals surface area contributed by atoms with Gasteiger partial charge in [0.2, 0.25) is 0 Å². The normalized spacial score (nSPS) is 28.3. The molecule has 0 aromatic rings. The number of hydrogen-bond acceptors (Lipinski definition) is 2. The Hall–Kier alpha value is -0.150. The molecule has 1 aliphatic heterocycles. The van der Waals surface area contributed by atoms with Gasteiger partial charge >= 0.3 is 0 Å². The van der Waals surface area contributed by atoms with Crippen LogP contribution in [-0.4, -0.2) is 42.8 Å². The molecule has 0 aromatic heterocycles. The molecule has 84 valence electrons. The van der Waals surface area contributed by atoms with Crippen molar-refractivity contribution in [3.05, 3.63) is 0 Å². The second-order valence-corrected chi connectivity index (χ2v) is 5.24. The first kappa shape index (κ1) is 11.9. The highest BCUT2D eigenvalue weighted by Gasteiger charge is 2.33.